The molecule has 1 fully saturated rings. The Balaban J connectivity index is 2.20. The molecule has 8 heteroatoms. The summed E-state index contributed by atoms with van der Waals surface area (Å²) >= 11 is 12.9. The molecule has 1 aliphatic heterocycles. The maximum atomic E-state index is 11.5. The molecule has 2 N–H and O–H groups in total. The average Bonchev–Trinajstić information content (AvgIpc) is 2.65. The molecule has 1 aromatic rings. The van der Waals surface area contributed by atoms with Gasteiger partial charge in [-0.15, -0.1) is 0 Å². The van der Waals surface area contributed by atoms with Crippen LogP contribution in [0.3, 0.4) is 0 Å². The molecule has 0 bridgehead atoms. The fourth-order valence-corrected chi connectivity index (χ4v) is 2.75. The van der Waals surface area contributed by atoms with E-state index in [-0.39, 0.29) is 17.4 Å². The van der Waals surface area contributed by atoms with Crippen molar-refractivity contribution < 1.29 is 14.7 Å². The van der Waals surface area contributed by atoms with Crippen molar-refractivity contribution in [1.82, 2.24) is 5.32 Å². The molecule has 1 unspecified atom stereocenters. The number of rotatable bonds is 3. The topological polar surface area (TPSA) is 78.8 Å². The zero-order chi connectivity index (χ0) is 14.0. The van der Waals surface area contributed by atoms with Crippen molar-refractivity contribution in [3.63, 3.8) is 0 Å². The molecular weight excluding hydrogens is 311 g/mol. The summed E-state index contributed by atoms with van der Waals surface area (Å²) in [4.78, 5) is 26.3. The van der Waals surface area contributed by atoms with Crippen molar-refractivity contribution in [3.05, 3.63) is 28.2 Å². The van der Waals surface area contributed by atoms with Crippen molar-refractivity contribution in [2.24, 2.45) is 4.99 Å². The van der Waals surface area contributed by atoms with Crippen LogP contribution < -0.4 is 5.32 Å². The van der Waals surface area contributed by atoms with E-state index in [9.17, 15) is 9.59 Å². The van der Waals surface area contributed by atoms with E-state index in [0.29, 0.717) is 15.9 Å². The number of aliphatic imine (C=N–C) groups is 1. The summed E-state index contributed by atoms with van der Waals surface area (Å²) in [6.45, 7) is 0. The number of carboxylic acids is 1. The Bertz CT molecular complexity index is 577. The molecule has 0 spiro atoms. The van der Waals surface area contributed by atoms with E-state index in [4.69, 9.17) is 28.3 Å². The van der Waals surface area contributed by atoms with Crippen LogP contribution in [0.15, 0.2) is 23.2 Å². The first-order chi connectivity index (χ1) is 8.97. The second-order valence-electron chi connectivity index (χ2n) is 3.68. The van der Waals surface area contributed by atoms with Crippen molar-refractivity contribution in [1.29, 1.82) is 0 Å². The van der Waals surface area contributed by atoms with E-state index >= 15 is 0 Å². The second kappa shape index (κ2) is 5.81. The highest BCUT2D eigenvalue weighted by atomic mass is 35.5. The smallest absolute Gasteiger partial charge is 0.305 e. The number of thioether (sulfide) groups is 1. The summed E-state index contributed by atoms with van der Waals surface area (Å²) in [6.07, 6.45) is -0.251. The summed E-state index contributed by atoms with van der Waals surface area (Å²) in [6, 6.07) is 4.96. The number of nitrogens with one attached hydrogen (secondary N) is 1. The summed E-state index contributed by atoms with van der Waals surface area (Å²) in [5, 5.41) is 11.5. The van der Waals surface area contributed by atoms with Crippen LogP contribution in [0.25, 0.3) is 0 Å². The van der Waals surface area contributed by atoms with Gasteiger partial charge in [0.25, 0.3) is 0 Å². The number of amidine groups is 1. The van der Waals surface area contributed by atoms with E-state index in [0.717, 1.165) is 11.8 Å². The molecule has 1 atom stereocenters. The average molecular weight is 319 g/mol. The van der Waals surface area contributed by atoms with Gasteiger partial charge >= 0.3 is 5.97 Å². The Hall–Kier alpha value is -1.24. The molecular formula is C11H8Cl2N2O3S. The highest BCUT2D eigenvalue weighted by Crippen LogP contribution is 2.33. The molecule has 0 radical (unpaired) electrons. The minimum atomic E-state index is -1.03. The molecule has 1 amide bonds. The molecule has 0 aliphatic carbocycles. The van der Waals surface area contributed by atoms with E-state index in [1.54, 1.807) is 18.2 Å². The van der Waals surface area contributed by atoms with E-state index in [2.05, 4.69) is 10.3 Å². The lowest BCUT2D eigenvalue weighted by Crippen LogP contribution is -2.26. The number of carbonyl (C=O) groups is 2. The Morgan fingerprint density at radius 3 is 2.89 bits per heavy atom. The second-order valence-corrected chi connectivity index (χ2v) is 5.66. The zero-order valence-corrected chi connectivity index (χ0v) is 11.7. The van der Waals surface area contributed by atoms with Gasteiger partial charge in [-0.1, -0.05) is 41.0 Å². The van der Waals surface area contributed by atoms with E-state index < -0.39 is 11.2 Å². The number of amides is 1. The normalized spacial score (nSPS) is 20.6. The number of halogens is 2. The third-order valence-electron chi connectivity index (χ3n) is 2.29. The number of hydrogen-bond acceptors (Lipinski definition) is 4. The minimum Gasteiger partial charge on any atom is -0.481 e. The first-order valence-corrected chi connectivity index (χ1v) is 6.83. The minimum absolute atomic E-state index is 0.251. The maximum absolute atomic E-state index is 11.5. The number of benzene rings is 1. The van der Waals surface area contributed by atoms with E-state index in [1.165, 1.54) is 0 Å². The Kier molecular flexibility index (Phi) is 4.34. The lowest BCUT2D eigenvalue weighted by Gasteiger charge is -2.01. The third-order valence-corrected chi connectivity index (χ3v) is 4.18. The highest BCUT2D eigenvalue weighted by Gasteiger charge is 2.32. The van der Waals surface area contributed by atoms with Crippen LogP contribution in [0.1, 0.15) is 6.42 Å². The van der Waals surface area contributed by atoms with Gasteiger partial charge in [0, 0.05) is 0 Å². The first kappa shape index (κ1) is 14.2. The van der Waals surface area contributed by atoms with Gasteiger partial charge < -0.3 is 10.4 Å². The monoisotopic (exact) mass is 318 g/mol. The molecule has 1 aliphatic rings. The quantitative estimate of drug-likeness (QED) is 0.898. The van der Waals surface area contributed by atoms with Gasteiger partial charge in [-0.2, -0.15) is 0 Å². The molecule has 100 valence electrons. The predicted octanol–water partition coefficient (Wildman–Crippen LogP) is 2.69. The standard InChI is InChI=1S/C11H8Cl2N2O3S/c12-5-2-1-3-6(9(5)13)14-11-15-10(18)7(19-11)4-8(16)17/h1-3,7H,4H2,(H,16,17)(H,14,15,18). The third kappa shape index (κ3) is 3.40. The Morgan fingerprint density at radius 1 is 1.47 bits per heavy atom. The van der Waals surface area contributed by atoms with Gasteiger partial charge in [-0.05, 0) is 12.1 Å². The summed E-state index contributed by atoms with van der Waals surface area (Å²) in [5.41, 5.74) is 0.424. The van der Waals surface area contributed by atoms with Crippen LogP contribution >= 0.6 is 35.0 Å². The van der Waals surface area contributed by atoms with Gasteiger partial charge in [0.2, 0.25) is 5.91 Å². The number of nitrogens with zero attached hydrogens (tertiary/aromatic N) is 1. The number of carboxylic acid groups (broad SMARTS) is 1. The largest absolute Gasteiger partial charge is 0.481 e. The SMILES string of the molecule is O=C(O)CC1SC(=Nc2cccc(Cl)c2Cl)NC1=O. The van der Waals surface area contributed by atoms with Crippen LogP contribution in [0, 0.1) is 0 Å². The first-order valence-electron chi connectivity index (χ1n) is 5.19. The van der Waals surface area contributed by atoms with Crippen molar-refractivity contribution in [3.8, 4) is 0 Å². The summed E-state index contributed by atoms with van der Waals surface area (Å²) in [5.74, 6) is -1.40. The van der Waals surface area contributed by atoms with Gasteiger partial charge in [-0.3, -0.25) is 9.59 Å². The van der Waals surface area contributed by atoms with Crippen LogP contribution in [0.4, 0.5) is 5.69 Å². The number of hydrogen-bond donors (Lipinski definition) is 2. The molecule has 1 heterocycles. The molecule has 1 aromatic carbocycles. The van der Waals surface area contributed by atoms with Gasteiger partial charge in [0.15, 0.2) is 5.17 Å². The number of carbonyl (C=O) groups excluding carboxylic acids is 1. The zero-order valence-electron chi connectivity index (χ0n) is 9.39. The molecule has 19 heavy (non-hydrogen) atoms. The van der Waals surface area contributed by atoms with Crippen molar-refractivity contribution in [2.75, 3.05) is 0 Å². The van der Waals surface area contributed by atoms with Gasteiger partial charge in [0.05, 0.1) is 22.2 Å². The Labute approximate surface area is 123 Å². The molecule has 2 rings (SSSR count). The van der Waals surface area contributed by atoms with Crippen LogP contribution in [0.2, 0.25) is 10.0 Å². The fraction of sp³-hybridized carbons (Fsp3) is 0.182. The fourth-order valence-electron chi connectivity index (χ4n) is 1.44. The lowest BCUT2D eigenvalue weighted by atomic mass is 10.3. The molecule has 0 aromatic heterocycles. The maximum Gasteiger partial charge on any atom is 0.305 e. The van der Waals surface area contributed by atoms with Crippen LogP contribution in [-0.2, 0) is 9.59 Å². The van der Waals surface area contributed by atoms with Gasteiger partial charge in [-0.25, -0.2) is 4.99 Å². The highest BCUT2D eigenvalue weighted by molar-refractivity contribution is 8.15. The predicted molar refractivity (Wildman–Crippen MR) is 75.3 cm³/mol. The van der Waals surface area contributed by atoms with Crippen LogP contribution in [-0.4, -0.2) is 27.4 Å². The lowest BCUT2D eigenvalue weighted by molar-refractivity contribution is -0.138. The molecule has 5 nitrogen and oxygen atoms in total. The van der Waals surface area contributed by atoms with Crippen molar-refractivity contribution in [2.45, 2.75) is 11.7 Å². The van der Waals surface area contributed by atoms with Crippen molar-refractivity contribution >= 4 is 57.7 Å². The Morgan fingerprint density at radius 2 is 2.21 bits per heavy atom. The van der Waals surface area contributed by atoms with E-state index in [1.807, 2.05) is 0 Å². The van der Waals surface area contributed by atoms with Crippen LogP contribution in [0.5, 0.6) is 0 Å². The number of aliphatic carboxylic acids is 1. The molecule has 1 saturated heterocycles. The summed E-state index contributed by atoms with van der Waals surface area (Å²) < 4.78 is 0. The molecule has 0 saturated carbocycles. The van der Waals surface area contributed by atoms with Gasteiger partial charge in [0.1, 0.15) is 5.25 Å². The summed E-state index contributed by atoms with van der Waals surface area (Å²) in [7, 11) is 0.